The number of halogens is 1. The zero-order valence-corrected chi connectivity index (χ0v) is 14.5. The Bertz CT molecular complexity index is 475. The van der Waals surface area contributed by atoms with E-state index in [1.54, 1.807) is 0 Å². The lowest BCUT2D eigenvalue weighted by molar-refractivity contribution is 0.0374. The van der Waals surface area contributed by atoms with Crippen molar-refractivity contribution in [1.29, 1.82) is 0 Å². The molecule has 1 fully saturated rings. The van der Waals surface area contributed by atoms with Gasteiger partial charge in [0.2, 0.25) is 0 Å². The summed E-state index contributed by atoms with van der Waals surface area (Å²) in [5.74, 6) is 2.87. The van der Waals surface area contributed by atoms with Gasteiger partial charge in [0.1, 0.15) is 0 Å². The highest BCUT2D eigenvalue weighted by Gasteiger charge is 2.31. The zero-order valence-electron chi connectivity index (χ0n) is 12.1. The van der Waals surface area contributed by atoms with E-state index in [1.165, 1.54) is 4.90 Å². The van der Waals surface area contributed by atoms with E-state index in [9.17, 15) is 0 Å². The van der Waals surface area contributed by atoms with Crippen LogP contribution in [0.5, 0.6) is 11.5 Å². The third-order valence-corrected chi connectivity index (χ3v) is 6.63. The second-order valence-electron chi connectivity index (χ2n) is 5.69. The molecule has 0 saturated carbocycles. The van der Waals surface area contributed by atoms with Crippen LogP contribution in [0.4, 0.5) is 0 Å². The number of alkyl halides is 1. The van der Waals surface area contributed by atoms with E-state index in [0.29, 0.717) is 5.41 Å². The molecule has 0 aliphatic carbocycles. The van der Waals surface area contributed by atoms with E-state index in [-0.39, 0.29) is 0 Å². The first-order valence-corrected chi connectivity index (χ1v) is 9.58. The first-order chi connectivity index (χ1) is 10.3. The maximum atomic E-state index is 5.76. The van der Waals surface area contributed by atoms with Crippen LogP contribution in [0, 0.1) is 5.41 Å². The minimum absolute atomic E-state index is 0.354. The fourth-order valence-electron chi connectivity index (χ4n) is 2.59. The summed E-state index contributed by atoms with van der Waals surface area (Å²) >= 11 is 5.61. The van der Waals surface area contributed by atoms with Crippen molar-refractivity contribution in [3.63, 3.8) is 0 Å². The number of ether oxygens (including phenoxy) is 3. The van der Waals surface area contributed by atoms with Crippen LogP contribution in [0.2, 0.25) is 0 Å². The summed E-state index contributed by atoms with van der Waals surface area (Å²) < 4.78 is 16.9. The lowest BCUT2D eigenvalue weighted by Gasteiger charge is -2.35. The van der Waals surface area contributed by atoms with Gasteiger partial charge in [-0.2, -0.15) is 0 Å². The quantitative estimate of drug-likeness (QED) is 0.586. The molecule has 0 N–H and O–H groups in total. The molecule has 1 aromatic rings. The van der Waals surface area contributed by atoms with Crippen molar-refractivity contribution in [1.82, 2.24) is 0 Å². The maximum Gasteiger partial charge on any atom is 0.162 e. The molecule has 1 saturated heterocycles. The highest BCUT2D eigenvalue weighted by atomic mass is 79.9. The van der Waals surface area contributed by atoms with Gasteiger partial charge in [0, 0.05) is 35.6 Å². The van der Waals surface area contributed by atoms with E-state index < -0.39 is 0 Å². The van der Waals surface area contributed by atoms with E-state index in [2.05, 4.69) is 28.1 Å². The molecule has 1 aromatic carbocycles. The van der Waals surface area contributed by atoms with E-state index >= 15 is 0 Å². The number of hydrogen-bond donors (Lipinski definition) is 0. The topological polar surface area (TPSA) is 27.7 Å². The van der Waals surface area contributed by atoms with Gasteiger partial charge in [-0.3, -0.25) is 0 Å². The Kier molecular flexibility index (Phi) is 5.35. The average Bonchev–Trinajstić information content (AvgIpc) is 2.78. The fourth-order valence-corrected chi connectivity index (χ4v) is 4.83. The van der Waals surface area contributed by atoms with Crippen molar-refractivity contribution >= 4 is 27.7 Å². The van der Waals surface area contributed by atoms with Gasteiger partial charge in [-0.15, -0.1) is 11.8 Å². The molecule has 0 amide bonds. The van der Waals surface area contributed by atoms with Gasteiger partial charge in [-0.05, 0) is 36.5 Å². The second-order valence-corrected chi connectivity index (χ2v) is 7.30. The smallest absolute Gasteiger partial charge is 0.162 e. The Morgan fingerprint density at radius 1 is 1.05 bits per heavy atom. The van der Waals surface area contributed by atoms with Crippen LogP contribution in [0.1, 0.15) is 19.3 Å². The molecular weight excluding hydrogens is 352 g/mol. The zero-order chi connectivity index (χ0) is 14.5. The summed E-state index contributed by atoms with van der Waals surface area (Å²) in [6, 6.07) is 6.29. The summed E-state index contributed by atoms with van der Waals surface area (Å²) in [7, 11) is 0. The lowest BCUT2D eigenvalue weighted by Crippen LogP contribution is -2.33. The van der Waals surface area contributed by atoms with Gasteiger partial charge in [-0.25, -0.2) is 0 Å². The number of rotatable bonds is 4. The predicted octanol–water partition coefficient (Wildman–Crippen LogP) is 4.13. The van der Waals surface area contributed by atoms with Crippen LogP contribution in [-0.4, -0.2) is 37.5 Å². The molecule has 3 rings (SSSR count). The summed E-state index contributed by atoms with van der Waals surface area (Å²) in [6.07, 6.45) is 3.22. The Hall–Kier alpha value is -0.390. The maximum absolute atomic E-state index is 5.76. The largest absolute Gasteiger partial charge is 0.490 e. The van der Waals surface area contributed by atoms with E-state index in [0.717, 1.165) is 68.3 Å². The van der Waals surface area contributed by atoms with Gasteiger partial charge in [0.15, 0.2) is 11.5 Å². The van der Waals surface area contributed by atoms with Crippen molar-refractivity contribution in [3.8, 4) is 11.5 Å². The second kappa shape index (κ2) is 7.25. The number of thioether (sulfide) groups is 1. The summed E-state index contributed by atoms with van der Waals surface area (Å²) in [6.45, 7) is 3.25. The average molecular weight is 373 g/mol. The summed E-state index contributed by atoms with van der Waals surface area (Å²) in [4.78, 5) is 1.26. The minimum Gasteiger partial charge on any atom is -0.490 e. The molecule has 0 atom stereocenters. The van der Waals surface area contributed by atoms with Crippen molar-refractivity contribution in [2.75, 3.05) is 37.5 Å². The molecule has 2 aliphatic heterocycles. The predicted molar refractivity (Wildman–Crippen MR) is 89.1 cm³/mol. The Labute approximate surface area is 138 Å². The first-order valence-electron chi connectivity index (χ1n) is 7.48. The monoisotopic (exact) mass is 372 g/mol. The Morgan fingerprint density at radius 2 is 1.81 bits per heavy atom. The third-order valence-electron chi connectivity index (χ3n) is 4.10. The fraction of sp³-hybridized carbons (Fsp3) is 0.625. The third kappa shape index (κ3) is 3.88. The molecule has 3 nitrogen and oxygen atoms in total. The first kappa shape index (κ1) is 15.5. The van der Waals surface area contributed by atoms with Gasteiger partial charge in [0.25, 0.3) is 0 Å². The Balaban J connectivity index is 1.66. The van der Waals surface area contributed by atoms with Crippen molar-refractivity contribution in [3.05, 3.63) is 18.2 Å². The highest BCUT2D eigenvalue weighted by molar-refractivity contribution is 9.09. The minimum atomic E-state index is 0.354. The van der Waals surface area contributed by atoms with Crippen LogP contribution in [0.25, 0.3) is 0 Å². The van der Waals surface area contributed by atoms with Crippen LogP contribution < -0.4 is 9.47 Å². The molecule has 116 valence electrons. The SMILES string of the molecule is BrCC1(CSc2ccc3c(c2)OCCCO3)CCOCC1. The molecule has 2 aliphatic rings. The standard InChI is InChI=1S/C16H21BrO3S/c17-11-16(4-8-18-9-5-16)12-21-13-2-3-14-15(10-13)20-7-1-6-19-14/h2-3,10H,1,4-9,11-12H2. The number of hydrogen-bond acceptors (Lipinski definition) is 4. The molecule has 5 heteroatoms. The van der Waals surface area contributed by atoms with Crippen LogP contribution in [0.3, 0.4) is 0 Å². The van der Waals surface area contributed by atoms with E-state index in [1.807, 2.05) is 17.8 Å². The summed E-state index contributed by atoms with van der Waals surface area (Å²) in [5, 5.41) is 1.04. The molecule has 0 radical (unpaired) electrons. The Morgan fingerprint density at radius 3 is 2.57 bits per heavy atom. The van der Waals surface area contributed by atoms with Crippen molar-refractivity contribution in [2.45, 2.75) is 24.2 Å². The molecule has 0 spiro atoms. The number of fused-ring (bicyclic) bond motifs is 1. The van der Waals surface area contributed by atoms with Crippen LogP contribution >= 0.6 is 27.7 Å². The lowest BCUT2D eigenvalue weighted by atomic mass is 9.85. The highest BCUT2D eigenvalue weighted by Crippen LogP contribution is 2.40. The van der Waals surface area contributed by atoms with Gasteiger partial charge in [0.05, 0.1) is 13.2 Å². The van der Waals surface area contributed by atoms with Gasteiger partial charge < -0.3 is 14.2 Å². The molecule has 0 bridgehead atoms. The van der Waals surface area contributed by atoms with Crippen LogP contribution in [0.15, 0.2) is 23.1 Å². The van der Waals surface area contributed by atoms with E-state index in [4.69, 9.17) is 14.2 Å². The molecule has 2 heterocycles. The normalized spacial score (nSPS) is 20.8. The van der Waals surface area contributed by atoms with Gasteiger partial charge >= 0.3 is 0 Å². The molecular formula is C16H21BrO3S. The molecule has 0 unspecified atom stereocenters. The van der Waals surface area contributed by atoms with Crippen molar-refractivity contribution in [2.24, 2.45) is 5.41 Å². The van der Waals surface area contributed by atoms with Crippen LogP contribution in [-0.2, 0) is 4.74 Å². The van der Waals surface area contributed by atoms with Gasteiger partial charge in [-0.1, -0.05) is 15.9 Å². The summed E-state index contributed by atoms with van der Waals surface area (Å²) in [5.41, 5.74) is 0.354. The molecule has 21 heavy (non-hydrogen) atoms. The molecule has 0 aromatic heterocycles. The van der Waals surface area contributed by atoms with Crippen molar-refractivity contribution < 1.29 is 14.2 Å². The number of benzene rings is 1.